The maximum atomic E-state index is 2.31. The molecule has 0 saturated carbocycles. The van der Waals surface area contributed by atoms with E-state index in [2.05, 4.69) is 76.3 Å². The van der Waals surface area contributed by atoms with E-state index >= 15 is 0 Å². The standard InChI is InChI=1S/C19H24/c1-14-10-12-16(3)19(13-11-14)17(4)18-9-7-5-6-8-15(18)2/h6-14,17H,5H2,1-4H3. The lowest BCUT2D eigenvalue weighted by Crippen LogP contribution is -2.04. The molecular weight excluding hydrogens is 228 g/mol. The molecule has 0 nitrogen and oxygen atoms in total. The third-order valence-corrected chi connectivity index (χ3v) is 4.01. The van der Waals surface area contributed by atoms with E-state index in [-0.39, 0.29) is 0 Å². The van der Waals surface area contributed by atoms with Crippen LogP contribution in [0, 0.1) is 11.8 Å². The van der Waals surface area contributed by atoms with Gasteiger partial charge in [0.1, 0.15) is 0 Å². The highest BCUT2D eigenvalue weighted by molar-refractivity contribution is 5.46. The molecule has 100 valence electrons. The van der Waals surface area contributed by atoms with Gasteiger partial charge < -0.3 is 0 Å². The van der Waals surface area contributed by atoms with Gasteiger partial charge in [-0.3, -0.25) is 0 Å². The summed E-state index contributed by atoms with van der Waals surface area (Å²) in [5.74, 6) is 0.976. The number of rotatable bonds is 2. The van der Waals surface area contributed by atoms with Gasteiger partial charge in [0, 0.05) is 5.92 Å². The fourth-order valence-corrected chi connectivity index (χ4v) is 2.73. The van der Waals surface area contributed by atoms with Crippen molar-refractivity contribution in [1.82, 2.24) is 0 Å². The number of allylic oxidation sites excluding steroid dienone is 12. The largest absolute Gasteiger partial charge is 0.0805 e. The molecule has 0 heteroatoms. The first-order valence-corrected chi connectivity index (χ1v) is 7.20. The summed E-state index contributed by atoms with van der Waals surface area (Å²) in [6.45, 7) is 8.98. The summed E-state index contributed by atoms with van der Waals surface area (Å²) >= 11 is 0. The first-order chi connectivity index (χ1) is 9.09. The van der Waals surface area contributed by atoms with Crippen LogP contribution in [0.2, 0.25) is 0 Å². The predicted octanol–water partition coefficient (Wildman–Crippen LogP) is 5.53. The van der Waals surface area contributed by atoms with Crippen molar-refractivity contribution < 1.29 is 0 Å². The Hall–Kier alpha value is -1.56. The monoisotopic (exact) mass is 252 g/mol. The summed E-state index contributed by atoms with van der Waals surface area (Å²) in [6.07, 6.45) is 19.2. The third kappa shape index (κ3) is 3.26. The topological polar surface area (TPSA) is 0 Å². The van der Waals surface area contributed by atoms with Gasteiger partial charge in [0.15, 0.2) is 0 Å². The van der Waals surface area contributed by atoms with Gasteiger partial charge in [-0.05, 0) is 48.5 Å². The second-order valence-electron chi connectivity index (χ2n) is 5.62. The van der Waals surface area contributed by atoms with Crippen LogP contribution >= 0.6 is 0 Å². The molecule has 0 aromatic rings. The Morgan fingerprint density at radius 1 is 0.895 bits per heavy atom. The Labute approximate surface area is 117 Å². The molecule has 0 spiro atoms. The molecule has 2 rings (SSSR count). The van der Waals surface area contributed by atoms with Crippen molar-refractivity contribution in [3.8, 4) is 0 Å². The molecule has 0 radical (unpaired) electrons. The molecule has 19 heavy (non-hydrogen) atoms. The van der Waals surface area contributed by atoms with Crippen LogP contribution in [0.5, 0.6) is 0 Å². The average molecular weight is 252 g/mol. The zero-order chi connectivity index (χ0) is 13.8. The van der Waals surface area contributed by atoms with Crippen molar-refractivity contribution in [2.75, 3.05) is 0 Å². The van der Waals surface area contributed by atoms with Crippen molar-refractivity contribution in [1.29, 1.82) is 0 Å². The van der Waals surface area contributed by atoms with Crippen LogP contribution in [0.25, 0.3) is 0 Å². The summed E-state index contributed by atoms with van der Waals surface area (Å²) in [4.78, 5) is 0. The first kappa shape index (κ1) is 13.9. The van der Waals surface area contributed by atoms with Gasteiger partial charge in [-0.1, -0.05) is 62.5 Å². The second-order valence-corrected chi connectivity index (χ2v) is 5.62. The summed E-state index contributed by atoms with van der Waals surface area (Å²) in [5.41, 5.74) is 5.65. The van der Waals surface area contributed by atoms with Crippen LogP contribution in [-0.2, 0) is 0 Å². The van der Waals surface area contributed by atoms with Crippen molar-refractivity contribution >= 4 is 0 Å². The van der Waals surface area contributed by atoms with Crippen LogP contribution in [0.1, 0.15) is 34.1 Å². The minimum absolute atomic E-state index is 0.449. The van der Waals surface area contributed by atoms with E-state index in [0.717, 1.165) is 6.42 Å². The Balaban J connectivity index is 2.39. The van der Waals surface area contributed by atoms with Crippen LogP contribution in [0.15, 0.2) is 70.9 Å². The average Bonchev–Trinajstić information content (AvgIpc) is 2.69. The molecule has 0 heterocycles. The normalized spacial score (nSPS) is 24.7. The minimum atomic E-state index is 0.449. The van der Waals surface area contributed by atoms with E-state index in [4.69, 9.17) is 0 Å². The summed E-state index contributed by atoms with van der Waals surface area (Å²) in [5, 5.41) is 0. The fourth-order valence-electron chi connectivity index (χ4n) is 2.73. The van der Waals surface area contributed by atoms with Gasteiger partial charge >= 0.3 is 0 Å². The van der Waals surface area contributed by atoms with E-state index in [1.807, 2.05) is 0 Å². The van der Waals surface area contributed by atoms with Gasteiger partial charge in [0.2, 0.25) is 0 Å². The molecule has 0 aliphatic heterocycles. The van der Waals surface area contributed by atoms with Crippen molar-refractivity contribution in [2.24, 2.45) is 11.8 Å². The smallest absolute Gasteiger partial charge is 0.00660 e. The maximum absolute atomic E-state index is 2.31. The number of hydrogen-bond acceptors (Lipinski definition) is 0. The molecule has 0 aromatic carbocycles. The van der Waals surface area contributed by atoms with Crippen molar-refractivity contribution in [3.63, 3.8) is 0 Å². The van der Waals surface area contributed by atoms with Crippen LogP contribution in [-0.4, -0.2) is 0 Å². The van der Waals surface area contributed by atoms with E-state index < -0.39 is 0 Å². The zero-order valence-corrected chi connectivity index (χ0v) is 12.5. The van der Waals surface area contributed by atoms with E-state index in [9.17, 15) is 0 Å². The molecule has 2 aliphatic rings. The zero-order valence-electron chi connectivity index (χ0n) is 12.5. The maximum Gasteiger partial charge on any atom is 0.00660 e. The lowest BCUT2D eigenvalue weighted by molar-refractivity contribution is 0.827. The minimum Gasteiger partial charge on any atom is -0.0805 e. The molecule has 0 bridgehead atoms. The predicted molar refractivity (Wildman–Crippen MR) is 84.9 cm³/mol. The van der Waals surface area contributed by atoms with Gasteiger partial charge in [0.05, 0.1) is 0 Å². The third-order valence-electron chi connectivity index (χ3n) is 4.01. The Bertz CT molecular complexity index is 518. The van der Waals surface area contributed by atoms with E-state index in [1.165, 1.54) is 22.3 Å². The molecule has 0 saturated heterocycles. The molecule has 2 aliphatic carbocycles. The SMILES string of the molecule is CC1=C(C(C)C2=C(C)C=CC(C)C=C2)C=CCC=C1. The van der Waals surface area contributed by atoms with Gasteiger partial charge in [-0.2, -0.15) is 0 Å². The lowest BCUT2D eigenvalue weighted by Gasteiger charge is -2.18. The van der Waals surface area contributed by atoms with Crippen LogP contribution in [0.4, 0.5) is 0 Å². The molecule has 0 aromatic heterocycles. The van der Waals surface area contributed by atoms with Crippen LogP contribution in [0.3, 0.4) is 0 Å². The molecule has 0 fully saturated rings. The highest BCUT2D eigenvalue weighted by Crippen LogP contribution is 2.31. The van der Waals surface area contributed by atoms with E-state index in [1.54, 1.807) is 0 Å². The Morgan fingerprint density at radius 3 is 2.26 bits per heavy atom. The molecule has 2 atom stereocenters. The van der Waals surface area contributed by atoms with Gasteiger partial charge in [-0.15, -0.1) is 0 Å². The fraction of sp³-hybridized carbons (Fsp3) is 0.368. The molecule has 2 unspecified atom stereocenters. The quantitative estimate of drug-likeness (QED) is 0.606. The summed E-state index contributed by atoms with van der Waals surface area (Å²) < 4.78 is 0. The second kappa shape index (κ2) is 6.06. The van der Waals surface area contributed by atoms with Gasteiger partial charge in [-0.25, -0.2) is 0 Å². The van der Waals surface area contributed by atoms with Gasteiger partial charge in [0.25, 0.3) is 0 Å². The Morgan fingerprint density at radius 2 is 1.47 bits per heavy atom. The lowest BCUT2D eigenvalue weighted by atomic mass is 9.86. The molecular formula is C19H24. The van der Waals surface area contributed by atoms with Crippen LogP contribution < -0.4 is 0 Å². The Kier molecular flexibility index (Phi) is 4.42. The first-order valence-electron chi connectivity index (χ1n) is 7.20. The van der Waals surface area contributed by atoms with Crippen molar-refractivity contribution in [3.05, 3.63) is 70.9 Å². The number of hydrogen-bond donors (Lipinski definition) is 0. The summed E-state index contributed by atoms with van der Waals surface area (Å²) in [7, 11) is 0. The van der Waals surface area contributed by atoms with E-state index in [0.29, 0.717) is 11.8 Å². The molecule has 0 amide bonds. The highest BCUT2D eigenvalue weighted by atomic mass is 14.2. The molecule has 0 N–H and O–H groups in total. The van der Waals surface area contributed by atoms with Crippen molar-refractivity contribution in [2.45, 2.75) is 34.1 Å². The summed E-state index contributed by atoms with van der Waals surface area (Å²) in [6, 6.07) is 0. The highest BCUT2D eigenvalue weighted by Gasteiger charge is 2.15.